The van der Waals surface area contributed by atoms with Crippen LogP contribution in [0.25, 0.3) is 0 Å². The third kappa shape index (κ3) is 2.87. The first-order chi connectivity index (χ1) is 10.4. The number of aromatic nitrogens is 2. The van der Waals surface area contributed by atoms with Gasteiger partial charge in [0.15, 0.2) is 5.69 Å². The molecule has 2 heterocycles. The van der Waals surface area contributed by atoms with Crippen LogP contribution in [-0.4, -0.2) is 33.7 Å². The summed E-state index contributed by atoms with van der Waals surface area (Å²) < 4.78 is 2.03. The van der Waals surface area contributed by atoms with Crippen molar-refractivity contribution in [2.45, 2.75) is 57.9 Å². The first-order valence-corrected chi connectivity index (χ1v) is 8.19. The van der Waals surface area contributed by atoms with E-state index in [1.807, 2.05) is 15.6 Å². The highest BCUT2D eigenvalue weighted by atomic mass is 16.2. The molecule has 1 saturated carbocycles. The van der Waals surface area contributed by atoms with Crippen LogP contribution >= 0.6 is 0 Å². The lowest BCUT2D eigenvalue weighted by molar-refractivity contribution is 0.0699. The third-order valence-corrected chi connectivity index (χ3v) is 4.55. The number of nitrogens with zero attached hydrogens (tertiary/aromatic N) is 4. The highest BCUT2D eigenvalue weighted by Crippen LogP contribution is 2.41. The van der Waals surface area contributed by atoms with E-state index in [2.05, 4.69) is 31.9 Å². The van der Waals surface area contributed by atoms with E-state index >= 15 is 0 Å². The molecule has 1 aliphatic carbocycles. The molecule has 1 aliphatic heterocycles. The second-order valence-electron chi connectivity index (χ2n) is 7.51. The summed E-state index contributed by atoms with van der Waals surface area (Å²) in [6.45, 7) is 7.70. The van der Waals surface area contributed by atoms with E-state index in [0.29, 0.717) is 24.7 Å². The Balaban J connectivity index is 1.80. The smallest absolute Gasteiger partial charge is 0.274 e. The van der Waals surface area contributed by atoms with Gasteiger partial charge in [-0.2, -0.15) is 10.4 Å². The Hall–Kier alpha value is -1.83. The number of nitriles is 1. The van der Waals surface area contributed by atoms with E-state index in [1.54, 1.807) is 0 Å². The average Bonchev–Trinajstić information content (AvgIpc) is 3.23. The lowest BCUT2D eigenvalue weighted by atomic mass is 9.98. The van der Waals surface area contributed by atoms with Gasteiger partial charge >= 0.3 is 0 Å². The van der Waals surface area contributed by atoms with Gasteiger partial charge in [-0.25, -0.2) is 0 Å². The predicted molar refractivity (Wildman–Crippen MR) is 83.4 cm³/mol. The summed E-state index contributed by atoms with van der Waals surface area (Å²) in [7, 11) is 0. The average molecular weight is 300 g/mol. The molecule has 118 valence electrons. The fourth-order valence-corrected chi connectivity index (χ4v) is 3.08. The molecule has 2 fully saturated rings. The molecule has 2 aliphatic rings. The first kappa shape index (κ1) is 15.1. The number of piperidine rings is 1. The summed E-state index contributed by atoms with van der Waals surface area (Å²) >= 11 is 0. The van der Waals surface area contributed by atoms with Crippen LogP contribution in [0.2, 0.25) is 0 Å². The van der Waals surface area contributed by atoms with Gasteiger partial charge in [-0.1, -0.05) is 0 Å². The van der Waals surface area contributed by atoms with Gasteiger partial charge in [0.2, 0.25) is 0 Å². The van der Waals surface area contributed by atoms with E-state index in [-0.39, 0.29) is 17.4 Å². The predicted octanol–water partition coefficient (Wildman–Crippen LogP) is 2.89. The maximum absolute atomic E-state index is 12.7. The zero-order valence-corrected chi connectivity index (χ0v) is 13.7. The Morgan fingerprint density at radius 2 is 1.91 bits per heavy atom. The molecule has 5 heteroatoms. The third-order valence-electron chi connectivity index (χ3n) is 4.55. The van der Waals surface area contributed by atoms with Crippen molar-refractivity contribution in [2.24, 2.45) is 5.92 Å². The molecule has 1 aromatic rings. The molecule has 0 unspecified atom stereocenters. The maximum atomic E-state index is 12.7. The SMILES string of the molecule is CC(C)(C)n1nc(C(=O)N2CCC(C#N)CC2)cc1C1CC1. The van der Waals surface area contributed by atoms with Gasteiger partial charge in [-0.3, -0.25) is 9.48 Å². The lowest BCUT2D eigenvalue weighted by Crippen LogP contribution is -2.38. The second kappa shape index (κ2) is 5.42. The van der Waals surface area contributed by atoms with Crippen molar-refractivity contribution >= 4 is 5.91 Å². The minimum absolute atomic E-state index is 0.0151. The number of likely N-dealkylation sites (tertiary alicyclic amines) is 1. The number of rotatable bonds is 2. The Kier molecular flexibility index (Phi) is 3.72. The van der Waals surface area contributed by atoms with Gasteiger partial charge in [0, 0.05) is 30.6 Å². The number of carbonyl (C=O) groups is 1. The molecule has 22 heavy (non-hydrogen) atoms. The van der Waals surface area contributed by atoms with E-state index in [9.17, 15) is 4.79 Å². The van der Waals surface area contributed by atoms with Crippen LogP contribution in [0.5, 0.6) is 0 Å². The zero-order chi connectivity index (χ0) is 15.9. The standard InChI is InChI=1S/C17H24N4O/c1-17(2,3)21-15(13-4-5-13)10-14(19-21)16(22)20-8-6-12(11-18)7-9-20/h10,12-13H,4-9H2,1-3H3. The van der Waals surface area contributed by atoms with Crippen molar-refractivity contribution in [1.82, 2.24) is 14.7 Å². The molecule has 0 radical (unpaired) electrons. The fourth-order valence-electron chi connectivity index (χ4n) is 3.08. The van der Waals surface area contributed by atoms with Crippen LogP contribution in [0.3, 0.4) is 0 Å². The molecule has 3 rings (SSSR count). The van der Waals surface area contributed by atoms with Gasteiger partial charge in [0.25, 0.3) is 5.91 Å². The highest BCUT2D eigenvalue weighted by Gasteiger charge is 2.33. The van der Waals surface area contributed by atoms with E-state index in [1.165, 1.54) is 18.5 Å². The second-order valence-corrected chi connectivity index (χ2v) is 7.51. The molecule has 1 amide bonds. The van der Waals surface area contributed by atoms with Crippen molar-refractivity contribution in [3.63, 3.8) is 0 Å². The maximum Gasteiger partial charge on any atom is 0.274 e. The Labute approximate surface area is 131 Å². The Morgan fingerprint density at radius 1 is 1.27 bits per heavy atom. The molecule has 0 atom stereocenters. The lowest BCUT2D eigenvalue weighted by Gasteiger charge is -2.28. The number of hydrogen-bond acceptors (Lipinski definition) is 3. The first-order valence-electron chi connectivity index (χ1n) is 8.19. The van der Waals surface area contributed by atoms with Crippen molar-refractivity contribution in [1.29, 1.82) is 5.26 Å². The molecule has 1 saturated heterocycles. The zero-order valence-electron chi connectivity index (χ0n) is 13.7. The van der Waals surface area contributed by atoms with Crippen molar-refractivity contribution < 1.29 is 4.79 Å². The molecule has 0 spiro atoms. The summed E-state index contributed by atoms with van der Waals surface area (Å²) in [4.78, 5) is 14.5. The monoisotopic (exact) mass is 300 g/mol. The quantitative estimate of drug-likeness (QED) is 0.843. The number of hydrogen-bond donors (Lipinski definition) is 0. The van der Waals surface area contributed by atoms with Crippen LogP contribution in [0.4, 0.5) is 0 Å². The summed E-state index contributed by atoms with van der Waals surface area (Å²) in [5, 5.41) is 13.6. The van der Waals surface area contributed by atoms with E-state index < -0.39 is 0 Å². The summed E-state index contributed by atoms with van der Waals surface area (Å²) in [6, 6.07) is 4.29. The van der Waals surface area contributed by atoms with Crippen molar-refractivity contribution in [3.8, 4) is 6.07 Å². The molecular formula is C17H24N4O. The minimum Gasteiger partial charge on any atom is -0.337 e. The van der Waals surface area contributed by atoms with Gasteiger partial charge in [-0.05, 0) is 52.5 Å². The van der Waals surface area contributed by atoms with E-state index in [4.69, 9.17) is 5.26 Å². The molecule has 1 aromatic heterocycles. The van der Waals surface area contributed by atoms with Crippen molar-refractivity contribution in [3.05, 3.63) is 17.5 Å². The van der Waals surface area contributed by atoms with Crippen molar-refractivity contribution in [2.75, 3.05) is 13.1 Å². The Bertz CT molecular complexity index is 608. The molecular weight excluding hydrogens is 276 g/mol. The number of amides is 1. The van der Waals surface area contributed by atoms with Crippen LogP contribution < -0.4 is 0 Å². The van der Waals surface area contributed by atoms with Crippen LogP contribution in [-0.2, 0) is 5.54 Å². The normalized spacial score (nSPS) is 20.0. The van der Waals surface area contributed by atoms with Gasteiger partial charge in [0.05, 0.1) is 11.6 Å². The topological polar surface area (TPSA) is 61.9 Å². The Morgan fingerprint density at radius 3 is 2.41 bits per heavy atom. The minimum atomic E-state index is -0.107. The highest BCUT2D eigenvalue weighted by molar-refractivity contribution is 5.92. The fraction of sp³-hybridized carbons (Fsp3) is 0.706. The largest absolute Gasteiger partial charge is 0.337 e. The number of carbonyl (C=O) groups excluding carboxylic acids is 1. The van der Waals surface area contributed by atoms with E-state index in [0.717, 1.165) is 12.8 Å². The van der Waals surface area contributed by atoms with Gasteiger partial charge < -0.3 is 4.90 Å². The molecule has 0 bridgehead atoms. The van der Waals surface area contributed by atoms with Crippen LogP contribution in [0.1, 0.15) is 68.6 Å². The summed E-state index contributed by atoms with van der Waals surface area (Å²) in [5.41, 5.74) is 1.65. The summed E-state index contributed by atoms with van der Waals surface area (Å²) in [5.74, 6) is 0.678. The van der Waals surface area contributed by atoms with Crippen LogP contribution in [0, 0.1) is 17.2 Å². The molecule has 0 N–H and O–H groups in total. The van der Waals surface area contributed by atoms with Gasteiger partial charge in [-0.15, -0.1) is 0 Å². The molecule has 0 aromatic carbocycles. The van der Waals surface area contributed by atoms with Gasteiger partial charge in [0.1, 0.15) is 0 Å². The molecule has 5 nitrogen and oxygen atoms in total. The van der Waals surface area contributed by atoms with Crippen LogP contribution in [0.15, 0.2) is 6.07 Å². The summed E-state index contributed by atoms with van der Waals surface area (Å²) in [6.07, 6.45) is 3.95.